The molecule has 3 atom stereocenters. The Bertz CT molecular complexity index is 582. The minimum atomic E-state index is -0.336. The minimum absolute atomic E-state index is 0.0246. The zero-order valence-corrected chi connectivity index (χ0v) is 15.8. The highest BCUT2D eigenvalue weighted by molar-refractivity contribution is 7.12. The first-order valence-electron chi connectivity index (χ1n) is 9.04. The van der Waals surface area contributed by atoms with Gasteiger partial charge in [-0.2, -0.15) is 0 Å². The van der Waals surface area contributed by atoms with Crippen LogP contribution in [-0.2, 0) is 9.53 Å². The van der Waals surface area contributed by atoms with E-state index in [9.17, 15) is 9.59 Å². The van der Waals surface area contributed by atoms with Crippen molar-refractivity contribution >= 4 is 23.2 Å². The molecular formula is C18H27N3O3S. The molecule has 2 aliphatic heterocycles. The van der Waals surface area contributed by atoms with Crippen LogP contribution < -0.4 is 5.32 Å². The van der Waals surface area contributed by atoms with Gasteiger partial charge in [-0.25, -0.2) is 0 Å². The third-order valence-electron chi connectivity index (χ3n) is 4.77. The molecule has 0 aromatic carbocycles. The number of rotatable bonds is 5. The molecule has 2 amide bonds. The SMILES string of the molecule is CC1CN(CCNC(=O)[C@@H]2CCCN2C(=O)c2cccs2)CC(C)O1. The Balaban J connectivity index is 1.48. The number of hydrogen-bond acceptors (Lipinski definition) is 5. The van der Waals surface area contributed by atoms with Crippen molar-refractivity contribution < 1.29 is 14.3 Å². The minimum Gasteiger partial charge on any atom is -0.373 e. The van der Waals surface area contributed by atoms with Crippen molar-refractivity contribution in [1.29, 1.82) is 0 Å². The number of nitrogens with one attached hydrogen (secondary N) is 1. The average molecular weight is 365 g/mol. The van der Waals surface area contributed by atoms with Crippen molar-refractivity contribution in [2.24, 2.45) is 0 Å². The Labute approximate surface area is 153 Å². The van der Waals surface area contributed by atoms with Gasteiger partial charge in [-0.3, -0.25) is 14.5 Å². The van der Waals surface area contributed by atoms with E-state index in [0.29, 0.717) is 18.0 Å². The van der Waals surface area contributed by atoms with Crippen LogP contribution in [0.25, 0.3) is 0 Å². The van der Waals surface area contributed by atoms with Gasteiger partial charge in [0, 0.05) is 32.7 Å². The quantitative estimate of drug-likeness (QED) is 0.861. The third-order valence-corrected chi connectivity index (χ3v) is 5.63. The Morgan fingerprint density at radius 3 is 2.76 bits per heavy atom. The number of carbonyl (C=O) groups excluding carboxylic acids is 2. The topological polar surface area (TPSA) is 61.9 Å². The molecule has 3 heterocycles. The molecule has 0 radical (unpaired) electrons. The van der Waals surface area contributed by atoms with Gasteiger partial charge in [0.15, 0.2) is 0 Å². The second-order valence-electron chi connectivity index (χ2n) is 6.94. The highest BCUT2D eigenvalue weighted by Crippen LogP contribution is 2.22. The van der Waals surface area contributed by atoms with Crippen LogP contribution >= 0.6 is 11.3 Å². The fraction of sp³-hybridized carbons (Fsp3) is 0.667. The number of carbonyl (C=O) groups is 2. The maximum absolute atomic E-state index is 12.6. The lowest BCUT2D eigenvalue weighted by Gasteiger charge is -2.35. The summed E-state index contributed by atoms with van der Waals surface area (Å²) in [6, 6.07) is 3.35. The van der Waals surface area contributed by atoms with E-state index in [-0.39, 0.29) is 30.1 Å². The molecule has 6 nitrogen and oxygen atoms in total. The smallest absolute Gasteiger partial charge is 0.264 e. The summed E-state index contributed by atoms with van der Waals surface area (Å²) in [6.07, 6.45) is 2.09. The monoisotopic (exact) mass is 365 g/mol. The van der Waals surface area contributed by atoms with Crippen LogP contribution in [0.1, 0.15) is 36.4 Å². The van der Waals surface area contributed by atoms with Crippen LogP contribution in [0.5, 0.6) is 0 Å². The van der Waals surface area contributed by atoms with Crippen LogP contribution in [0.4, 0.5) is 0 Å². The van der Waals surface area contributed by atoms with Crippen molar-refractivity contribution in [2.75, 3.05) is 32.7 Å². The molecule has 2 saturated heterocycles. The van der Waals surface area contributed by atoms with E-state index in [1.54, 1.807) is 4.90 Å². The summed E-state index contributed by atoms with van der Waals surface area (Å²) < 4.78 is 5.73. The van der Waals surface area contributed by atoms with Gasteiger partial charge in [0.2, 0.25) is 5.91 Å². The van der Waals surface area contributed by atoms with Gasteiger partial charge in [0.25, 0.3) is 5.91 Å². The second kappa shape index (κ2) is 8.29. The van der Waals surface area contributed by atoms with Crippen molar-refractivity contribution in [3.8, 4) is 0 Å². The standard InChI is InChI=1S/C18H27N3O3S/c1-13-11-20(12-14(2)24-13)9-7-19-17(22)15-5-3-8-21(15)18(23)16-6-4-10-25-16/h4,6,10,13-15H,3,5,7-9,11-12H2,1-2H3,(H,19,22)/t13?,14?,15-/m0/s1. The van der Waals surface area contributed by atoms with Crippen LogP contribution in [0.3, 0.4) is 0 Å². The summed E-state index contributed by atoms with van der Waals surface area (Å²) in [5.41, 5.74) is 0. The summed E-state index contributed by atoms with van der Waals surface area (Å²) in [7, 11) is 0. The number of thiophene rings is 1. The molecule has 25 heavy (non-hydrogen) atoms. The summed E-state index contributed by atoms with van der Waals surface area (Å²) in [6.45, 7) is 8.03. The molecule has 0 bridgehead atoms. The Hall–Kier alpha value is -1.44. The average Bonchev–Trinajstić information content (AvgIpc) is 3.25. The summed E-state index contributed by atoms with van der Waals surface area (Å²) >= 11 is 1.43. The van der Waals surface area contributed by atoms with E-state index in [1.165, 1.54) is 11.3 Å². The Kier molecular flexibility index (Phi) is 6.09. The molecule has 0 aliphatic carbocycles. The first kappa shape index (κ1) is 18.4. The number of morpholine rings is 1. The zero-order chi connectivity index (χ0) is 17.8. The number of ether oxygens (including phenoxy) is 1. The van der Waals surface area contributed by atoms with E-state index >= 15 is 0 Å². The molecule has 0 spiro atoms. The fourth-order valence-corrected chi connectivity index (χ4v) is 4.43. The van der Waals surface area contributed by atoms with E-state index in [4.69, 9.17) is 4.74 Å². The van der Waals surface area contributed by atoms with Crippen molar-refractivity contribution in [2.45, 2.75) is 44.9 Å². The molecule has 1 aromatic heterocycles. The molecule has 2 fully saturated rings. The first-order valence-corrected chi connectivity index (χ1v) is 9.92. The molecule has 7 heteroatoms. The lowest BCUT2D eigenvalue weighted by atomic mass is 10.2. The molecule has 2 unspecified atom stereocenters. The van der Waals surface area contributed by atoms with E-state index < -0.39 is 0 Å². The predicted octanol–water partition coefficient (Wildman–Crippen LogP) is 1.58. The number of likely N-dealkylation sites (tertiary alicyclic amines) is 1. The molecule has 0 saturated carbocycles. The molecule has 1 N–H and O–H groups in total. The molecular weight excluding hydrogens is 338 g/mol. The lowest BCUT2D eigenvalue weighted by molar-refractivity contribution is -0.125. The molecule has 1 aromatic rings. The van der Waals surface area contributed by atoms with Crippen molar-refractivity contribution in [3.63, 3.8) is 0 Å². The number of amides is 2. The van der Waals surface area contributed by atoms with Gasteiger partial charge < -0.3 is 15.0 Å². The van der Waals surface area contributed by atoms with Gasteiger partial charge >= 0.3 is 0 Å². The largest absolute Gasteiger partial charge is 0.373 e. The maximum Gasteiger partial charge on any atom is 0.264 e. The molecule has 138 valence electrons. The second-order valence-corrected chi connectivity index (χ2v) is 7.89. The predicted molar refractivity (Wildman–Crippen MR) is 97.8 cm³/mol. The van der Waals surface area contributed by atoms with Gasteiger partial charge in [-0.1, -0.05) is 6.07 Å². The number of nitrogens with zero attached hydrogens (tertiary/aromatic N) is 2. The van der Waals surface area contributed by atoms with Crippen LogP contribution in [0.2, 0.25) is 0 Å². The first-order chi connectivity index (χ1) is 12.0. The van der Waals surface area contributed by atoms with Gasteiger partial charge in [0.1, 0.15) is 6.04 Å². The van der Waals surface area contributed by atoms with E-state index in [0.717, 1.165) is 32.5 Å². The van der Waals surface area contributed by atoms with E-state index in [2.05, 4.69) is 24.1 Å². The third kappa shape index (κ3) is 4.59. The van der Waals surface area contributed by atoms with Gasteiger partial charge in [0.05, 0.1) is 17.1 Å². The van der Waals surface area contributed by atoms with Crippen LogP contribution in [0.15, 0.2) is 17.5 Å². The van der Waals surface area contributed by atoms with Crippen LogP contribution in [0, 0.1) is 0 Å². The van der Waals surface area contributed by atoms with Crippen molar-refractivity contribution in [3.05, 3.63) is 22.4 Å². The lowest BCUT2D eigenvalue weighted by Crippen LogP contribution is -2.50. The van der Waals surface area contributed by atoms with Gasteiger partial charge in [-0.05, 0) is 38.1 Å². The van der Waals surface area contributed by atoms with E-state index in [1.807, 2.05) is 17.5 Å². The molecule has 2 aliphatic rings. The maximum atomic E-state index is 12.6. The summed E-state index contributed by atoms with van der Waals surface area (Å²) in [4.78, 5) is 29.9. The number of hydrogen-bond donors (Lipinski definition) is 1. The fourth-order valence-electron chi connectivity index (χ4n) is 3.75. The summed E-state index contributed by atoms with van der Waals surface area (Å²) in [5, 5.41) is 4.91. The van der Waals surface area contributed by atoms with Crippen molar-refractivity contribution in [1.82, 2.24) is 15.1 Å². The highest BCUT2D eigenvalue weighted by atomic mass is 32.1. The highest BCUT2D eigenvalue weighted by Gasteiger charge is 2.34. The molecule has 3 rings (SSSR count). The Morgan fingerprint density at radius 1 is 1.32 bits per heavy atom. The van der Waals surface area contributed by atoms with Gasteiger partial charge in [-0.15, -0.1) is 11.3 Å². The Morgan fingerprint density at radius 2 is 2.08 bits per heavy atom. The zero-order valence-electron chi connectivity index (χ0n) is 14.9. The summed E-state index contributed by atoms with van der Waals surface area (Å²) in [5.74, 6) is -0.0553. The normalized spacial score (nSPS) is 27.4. The van der Waals surface area contributed by atoms with Crippen LogP contribution in [-0.4, -0.2) is 72.6 Å².